The Morgan fingerprint density at radius 2 is 2.15 bits per heavy atom. The van der Waals surface area contributed by atoms with E-state index in [1.54, 1.807) is 11.6 Å². The van der Waals surface area contributed by atoms with Crippen molar-refractivity contribution in [1.29, 1.82) is 0 Å². The maximum Gasteiger partial charge on any atom is 0.360 e. The average molecular weight is 301 g/mol. The van der Waals surface area contributed by atoms with Gasteiger partial charge in [0.15, 0.2) is 5.69 Å². The van der Waals surface area contributed by atoms with Crippen LogP contribution in [0.1, 0.15) is 48.3 Å². The monoisotopic (exact) mass is 301 g/mol. The molecule has 112 valence electrons. The lowest BCUT2D eigenvalue weighted by molar-refractivity contribution is 0.0518. The van der Waals surface area contributed by atoms with Crippen LogP contribution in [0.5, 0.6) is 0 Å². The standard InChI is InChI=1S/C12H19N3O4S/c1-3-19-12(16)10-11(9-5-6-9)15(14-13-10)7-4-8-20(2,17)18/h9H,3-8H2,1-2H3. The first-order valence-electron chi connectivity index (χ1n) is 6.70. The van der Waals surface area contributed by atoms with Crippen molar-refractivity contribution in [2.75, 3.05) is 18.6 Å². The van der Waals surface area contributed by atoms with Crippen LogP contribution in [0.25, 0.3) is 0 Å². The number of hydrogen-bond acceptors (Lipinski definition) is 6. The van der Waals surface area contributed by atoms with E-state index in [1.165, 1.54) is 6.26 Å². The van der Waals surface area contributed by atoms with Gasteiger partial charge in [-0.15, -0.1) is 5.10 Å². The van der Waals surface area contributed by atoms with E-state index in [2.05, 4.69) is 10.3 Å². The van der Waals surface area contributed by atoms with Gasteiger partial charge in [0.1, 0.15) is 9.84 Å². The molecular formula is C12H19N3O4S. The minimum absolute atomic E-state index is 0.103. The van der Waals surface area contributed by atoms with Gasteiger partial charge in [-0.05, 0) is 26.2 Å². The molecule has 0 aromatic carbocycles. The molecule has 0 spiro atoms. The molecule has 0 aliphatic heterocycles. The molecule has 20 heavy (non-hydrogen) atoms. The zero-order chi connectivity index (χ0) is 14.8. The van der Waals surface area contributed by atoms with Crippen LogP contribution < -0.4 is 0 Å². The zero-order valence-electron chi connectivity index (χ0n) is 11.7. The van der Waals surface area contributed by atoms with Crippen LogP contribution in [0.4, 0.5) is 0 Å². The van der Waals surface area contributed by atoms with Crippen molar-refractivity contribution in [3.63, 3.8) is 0 Å². The Balaban J connectivity index is 2.11. The fraction of sp³-hybridized carbons (Fsp3) is 0.750. The Kier molecular flexibility index (Phi) is 4.42. The quantitative estimate of drug-likeness (QED) is 0.691. The van der Waals surface area contributed by atoms with E-state index in [0.717, 1.165) is 18.5 Å². The minimum atomic E-state index is -2.98. The van der Waals surface area contributed by atoms with Crippen LogP contribution in [-0.2, 0) is 21.1 Å². The second-order valence-electron chi connectivity index (χ2n) is 5.02. The number of nitrogens with zero attached hydrogens (tertiary/aromatic N) is 3. The molecular weight excluding hydrogens is 282 g/mol. The highest BCUT2D eigenvalue weighted by molar-refractivity contribution is 7.90. The van der Waals surface area contributed by atoms with Crippen LogP contribution in [-0.4, -0.2) is 48.0 Å². The second-order valence-corrected chi connectivity index (χ2v) is 7.28. The van der Waals surface area contributed by atoms with Crippen molar-refractivity contribution >= 4 is 15.8 Å². The van der Waals surface area contributed by atoms with Gasteiger partial charge in [-0.25, -0.2) is 17.9 Å². The minimum Gasteiger partial charge on any atom is -0.461 e. The van der Waals surface area contributed by atoms with E-state index in [4.69, 9.17) is 4.74 Å². The number of carbonyl (C=O) groups excluding carboxylic acids is 1. The number of aromatic nitrogens is 3. The average Bonchev–Trinajstić information content (AvgIpc) is 3.09. The lowest BCUT2D eigenvalue weighted by Crippen LogP contribution is -2.12. The van der Waals surface area contributed by atoms with Gasteiger partial charge in [-0.3, -0.25) is 0 Å². The lowest BCUT2D eigenvalue weighted by Gasteiger charge is -2.06. The van der Waals surface area contributed by atoms with Crippen LogP contribution >= 0.6 is 0 Å². The van der Waals surface area contributed by atoms with Gasteiger partial charge in [0.2, 0.25) is 0 Å². The van der Waals surface area contributed by atoms with Crippen LogP contribution in [0.15, 0.2) is 0 Å². The molecule has 1 aromatic rings. The molecule has 0 unspecified atom stereocenters. The van der Waals surface area contributed by atoms with Crippen molar-refractivity contribution in [1.82, 2.24) is 15.0 Å². The number of sulfone groups is 1. The van der Waals surface area contributed by atoms with Crippen LogP contribution in [0.3, 0.4) is 0 Å². The molecule has 0 bridgehead atoms. The highest BCUT2D eigenvalue weighted by atomic mass is 32.2. The number of esters is 1. The first kappa shape index (κ1) is 15.0. The highest BCUT2D eigenvalue weighted by Gasteiger charge is 2.34. The van der Waals surface area contributed by atoms with Crippen LogP contribution in [0, 0.1) is 0 Å². The number of rotatable bonds is 7. The fourth-order valence-corrected chi connectivity index (χ4v) is 2.72. The predicted octanol–water partition coefficient (Wildman–Crippen LogP) is 0.767. The van der Waals surface area contributed by atoms with Gasteiger partial charge in [-0.1, -0.05) is 5.21 Å². The van der Waals surface area contributed by atoms with Gasteiger partial charge in [0.05, 0.1) is 18.1 Å². The molecule has 8 heteroatoms. The van der Waals surface area contributed by atoms with Gasteiger partial charge < -0.3 is 4.74 Å². The SMILES string of the molecule is CCOC(=O)c1nnn(CCCS(C)(=O)=O)c1C1CC1. The van der Waals surface area contributed by atoms with E-state index in [1.807, 2.05) is 0 Å². The molecule has 0 radical (unpaired) electrons. The van der Waals surface area contributed by atoms with Crippen molar-refractivity contribution in [2.24, 2.45) is 0 Å². The van der Waals surface area contributed by atoms with Gasteiger partial charge in [0, 0.05) is 18.7 Å². The predicted molar refractivity (Wildman–Crippen MR) is 72.3 cm³/mol. The molecule has 1 aliphatic carbocycles. The van der Waals surface area contributed by atoms with Crippen LogP contribution in [0.2, 0.25) is 0 Å². The summed E-state index contributed by atoms with van der Waals surface area (Å²) in [5.41, 5.74) is 1.06. The summed E-state index contributed by atoms with van der Waals surface area (Å²) in [4.78, 5) is 11.8. The molecule has 0 amide bonds. The summed E-state index contributed by atoms with van der Waals surface area (Å²) < 4.78 is 28.9. The van der Waals surface area contributed by atoms with Crippen molar-refractivity contribution in [2.45, 2.75) is 38.6 Å². The molecule has 1 aromatic heterocycles. The molecule has 0 saturated heterocycles. The maximum atomic E-state index is 11.8. The zero-order valence-corrected chi connectivity index (χ0v) is 12.5. The van der Waals surface area contributed by atoms with Crippen molar-refractivity contribution in [3.05, 3.63) is 11.4 Å². The highest BCUT2D eigenvalue weighted by Crippen LogP contribution is 2.41. The summed E-state index contributed by atoms with van der Waals surface area (Å²) in [5, 5.41) is 7.87. The second kappa shape index (κ2) is 5.90. The Morgan fingerprint density at radius 3 is 2.70 bits per heavy atom. The largest absolute Gasteiger partial charge is 0.461 e. The molecule has 2 rings (SSSR count). The fourth-order valence-electron chi connectivity index (χ4n) is 2.07. The third kappa shape index (κ3) is 3.78. The van der Waals surface area contributed by atoms with Crippen molar-refractivity contribution < 1.29 is 17.9 Å². The van der Waals surface area contributed by atoms with Gasteiger partial charge >= 0.3 is 5.97 Å². The smallest absolute Gasteiger partial charge is 0.360 e. The molecule has 1 saturated carbocycles. The Hall–Kier alpha value is -1.44. The summed E-state index contributed by atoms with van der Waals surface area (Å²) in [6.07, 6.45) is 3.68. The summed E-state index contributed by atoms with van der Waals surface area (Å²) in [6, 6.07) is 0. The van der Waals surface area contributed by atoms with E-state index >= 15 is 0 Å². The Morgan fingerprint density at radius 1 is 1.45 bits per heavy atom. The van der Waals surface area contributed by atoms with Crippen molar-refractivity contribution in [3.8, 4) is 0 Å². The Bertz CT molecular complexity index is 590. The summed E-state index contributed by atoms with van der Waals surface area (Å²) in [6.45, 7) is 2.49. The van der Waals surface area contributed by atoms with E-state index in [-0.39, 0.29) is 11.4 Å². The number of ether oxygens (including phenoxy) is 1. The molecule has 7 nitrogen and oxygen atoms in total. The summed E-state index contributed by atoms with van der Waals surface area (Å²) in [5.74, 6) is -0.0579. The number of hydrogen-bond donors (Lipinski definition) is 0. The first-order chi connectivity index (χ1) is 9.42. The van der Waals surface area contributed by atoms with Gasteiger partial charge in [-0.2, -0.15) is 0 Å². The van der Waals surface area contributed by atoms with E-state index < -0.39 is 15.8 Å². The topological polar surface area (TPSA) is 91.2 Å². The molecule has 0 atom stereocenters. The third-order valence-corrected chi connectivity index (χ3v) is 4.12. The number of carbonyl (C=O) groups is 1. The molecule has 1 fully saturated rings. The van der Waals surface area contributed by atoms with Gasteiger partial charge in [0.25, 0.3) is 0 Å². The normalized spacial score (nSPS) is 15.3. The lowest BCUT2D eigenvalue weighted by atomic mass is 10.2. The number of aryl methyl sites for hydroxylation is 1. The molecule has 1 aliphatic rings. The molecule has 0 N–H and O–H groups in total. The Labute approximate surface area is 118 Å². The molecule has 1 heterocycles. The maximum absolute atomic E-state index is 11.8. The first-order valence-corrected chi connectivity index (χ1v) is 8.76. The van der Waals surface area contributed by atoms with E-state index in [9.17, 15) is 13.2 Å². The summed E-state index contributed by atoms with van der Waals surface area (Å²) >= 11 is 0. The summed E-state index contributed by atoms with van der Waals surface area (Å²) in [7, 11) is -2.98. The van der Waals surface area contributed by atoms with E-state index in [0.29, 0.717) is 25.5 Å². The third-order valence-electron chi connectivity index (χ3n) is 3.09.